The summed E-state index contributed by atoms with van der Waals surface area (Å²) in [5.74, 6) is -0.190. The first-order chi connectivity index (χ1) is 16.9. The monoisotopic (exact) mass is 509 g/mol. The van der Waals surface area contributed by atoms with Crippen molar-refractivity contribution in [2.24, 2.45) is 0 Å². The third-order valence-electron chi connectivity index (χ3n) is 5.72. The summed E-state index contributed by atoms with van der Waals surface area (Å²) in [5, 5.41) is 3.18. The molecule has 10 heteroatoms. The molecule has 4 aromatic rings. The molecule has 1 saturated heterocycles. The van der Waals surface area contributed by atoms with E-state index < -0.39 is 5.63 Å². The second-order valence-corrected chi connectivity index (χ2v) is 9.72. The molecule has 1 aliphatic rings. The third kappa shape index (κ3) is 4.70. The SMILES string of the molecule is Cc1cc(N2CCOCC2=O)ccc1-c1nc2c(CNC(=O)c3ccc(Cl)s3)cccc2c(=O)o1. The number of aryl methyl sites for hydroxylation is 1. The number of aromatic nitrogens is 1. The smallest absolute Gasteiger partial charge is 0.347 e. The molecule has 2 aromatic carbocycles. The zero-order valence-corrected chi connectivity index (χ0v) is 20.2. The Kier molecular flexibility index (Phi) is 6.38. The molecular weight excluding hydrogens is 490 g/mol. The maximum atomic E-state index is 12.8. The molecule has 0 bridgehead atoms. The topological polar surface area (TPSA) is 102 Å². The molecule has 3 heterocycles. The van der Waals surface area contributed by atoms with Crippen LogP contribution in [0.2, 0.25) is 4.34 Å². The van der Waals surface area contributed by atoms with Crippen LogP contribution < -0.4 is 15.8 Å². The van der Waals surface area contributed by atoms with Crippen LogP contribution in [0.3, 0.4) is 0 Å². The van der Waals surface area contributed by atoms with Gasteiger partial charge in [0.05, 0.1) is 26.7 Å². The van der Waals surface area contributed by atoms with E-state index in [1.807, 2.05) is 13.0 Å². The van der Waals surface area contributed by atoms with Gasteiger partial charge in [0.1, 0.15) is 6.61 Å². The fourth-order valence-electron chi connectivity index (χ4n) is 3.96. The highest BCUT2D eigenvalue weighted by atomic mass is 35.5. The number of nitrogens with zero attached hydrogens (tertiary/aromatic N) is 2. The number of hydrogen-bond donors (Lipinski definition) is 1. The molecule has 2 aromatic heterocycles. The van der Waals surface area contributed by atoms with E-state index in [1.54, 1.807) is 47.4 Å². The number of para-hydroxylation sites is 1. The molecule has 8 nitrogen and oxygen atoms in total. The van der Waals surface area contributed by atoms with Gasteiger partial charge in [0, 0.05) is 24.3 Å². The lowest BCUT2D eigenvalue weighted by Gasteiger charge is -2.27. The van der Waals surface area contributed by atoms with Gasteiger partial charge in [-0.3, -0.25) is 9.59 Å². The van der Waals surface area contributed by atoms with Crippen molar-refractivity contribution in [3.05, 3.63) is 79.3 Å². The number of anilines is 1. The van der Waals surface area contributed by atoms with Crippen LogP contribution in [0.25, 0.3) is 22.4 Å². The quantitative estimate of drug-likeness (QED) is 0.433. The van der Waals surface area contributed by atoms with Crippen molar-refractivity contribution in [3.63, 3.8) is 0 Å². The summed E-state index contributed by atoms with van der Waals surface area (Å²) < 4.78 is 11.3. The largest absolute Gasteiger partial charge is 0.403 e. The number of amides is 2. The van der Waals surface area contributed by atoms with E-state index in [0.717, 1.165) is 11.3 Å². The molecular formula is C25H20ClN3O5S. The normalized spacial score (nSPS) is 13.9. The highest BCUT2D eigenvalue weighted by Gasteiger charge is 2.21. The molecule has 0 unspecified atom stereocenters. The Morgan fingerprint density at radius 2 is 2.06 bits per heavy atom. The van der Waals surface area contributed by atoms with Crippen molar-refractivity contribution in [1.29, 1.82) is 0 Å². The summed E-state index contributed by atoms with van der Waals surface area (Å²) in [4.78, 5) is 44.2. The number of rotatable bonds is 5. The Balaban J connectivity index is 1.47. The highest BCUT2D eigenvalue weighted by Crippen LogP contribution is 2.28. The lowest BCUT2D eigenvalue weighted by Crippen LogP contribution is -2.41. The number of nitrogens with one attached hydrogen (secondary N) is 1. The highest BCUT2D eigenvalue weighted by molar-refractivity contribution is 7.18. The molecule has 35 heavy (non-hydrogen) atoms. The summed E-state index contributed by atoms with van der Waals surface area (Å²) in [5.41, 5.74) is 2.81. The van der Waals surface area contributed by atoms with E-state index in [2.05, 4.69) is 10.3 Å². The van der Waals surface area contributed by atoms with Crippen LogP contribution in [0.15, 0.2) is 57.7 Å². The van der Waals surface area contributed by atoms with Crippen molar-refractivity contribution in [2.75, 3.05) is 24.7 Å². The number of halogens is 1. The van der Waals surface area contributed by atoms with Crippen molar-refractivity contribution in [2.45, 2.75) is 13.5 Å². The number of hydrogen-bond acceptors (Lipinski definition) is 7. The summed E-state index contributed by atoms with van der Waals surface area (Å²) in [6, 6.07) is 14.0. The number of ether oxygens (including phenoxy) is 1. The second kappa shape index (κ2) is 9.61. The lowest BCUT2D eigenvalue weighted by molar-refractivity contribution is -0.125. The van der Waals surface area contributed by atoms with E-state index in [4.69, 9.17) is 20.8 Å². The van der Waals surface area contributed by atoms with Gasteiger partial charge < -0.3 is 19.4 Å². The van der Waals surface area contributed by atoms with Crippen molar-refractivity contribution in [3.8, 4) is 11.5 Å². The number of carbonyl (C=O) groups is 2. The first-order valence-electron chi connectivity index (χ1n) is 10.9. The van der Waals surface area contributed by atoms with Crippen LogP contribution in [-0.2, 0) is 16.1 Å². The van der Waals surface area contributed by atoms with Crippen LogP contribution >= 0.6 is 22.9 Å². The summed E-state index contributed by atoms with van der Waals surface area (Å²) in [6.45, 7) is 3.06. The van der Waals surface area contributed by atoms with Gasteiger partial charge in [-0.1, -0.05) is 23.7 Å². The summed E-state index contributed by atoms with van der Waals surface area (Å²) in [7, 11) is 0. The Morgan fingerprint density at radius 1 is 1.20 bits per heavy atom. The van der Waals surface area contributed by atoms with Gasteiger partial charge in [-0.15, -0.1) is 11.3 Å². The van der Waals surface area contributed by atoms with Crippen LogP contribution in [0.4, 0.5) is 5.69 Å². The van der Waals surface area contributed by atoms with E-state index in [0.29, 0.717) is 44.4 Å². The van der Waals surface area contributed by atoms with E-state index in [9.17, 15) is 14.4 Å². The summed E-state index contributed by atoms with van der Waals surface area (Å²) in [6.07, 6.45) is 0. The van der Waals surface area contributed by atoms with Gasteiger partial charge in [0.15, 0.2) is 0 Å². The number of carbonyl (C=O) groups excluding carboxylic acids is 2. The maximum Gasteiger partial charge on any atom is 0.347 e. The minimum absolute atomic E-state index is 0.0563. The molecule has 0 spiro atoms. The van der Waals surface area contributed by atoms with E-state index in [1.165, 1.54) is 11.3 Å². The zero-order chi connectivity index (χ0) is 24.5. The Hall–Kier alpha value is -3.53. The summed E-state index contributed by atoms with van der Waals surface area (Å²) >= 11 is 7.12. The number of morpholine rings is 1. The first kappa shape index (κ1) is 23.2. The average molecular weight is 510 g/mol. The molecule has 1 fully saturated rings. The number of benzene rings is 2. The molecule has 0 radical (unpaired) electrons. The number of thiophene rings is 1. The number of fused-ring (bicyclic) bond motifs is 1. The van der Waals surface area contributed by atoms with Crippen molar-refractivity contribution < 1.29 is 18.7 Å². The predicted molar refractivity (Wildman–Crippen MR) is 134 cm³/mol. The second-order valence-electron chi connectivity index (χ2n) is 8.00. The molecule has 0 saturated carbocycles. The van der Waals surface area contributed by atoms with Crippen molar-refractivity contribution >= 4 is 51.3 Å². The van der Waals surface area contributed by atoms with Crippen LogP contribution in [0, 0.1) is 6.92 Å². The van der Waals surface area contributed by atoms with Gasteiger partial charge in [-0.05, 0) is 54.4 Å². The molecule has 0 aliphatic carbocycles. The molecule has 0 atom stereocenters. The third-order valence-corrected chi connectivity index (χ3v) is 6.95. The standard InChI is InChI=1S/C25H20ClN3O5S/c1-14-11-16(29-9-10-33-13-21(29)30)5-6-17(14)24-28-22-15(3-2-4-18(22)25(32)34-24)12-27-23(31)19-7-8-20(26)35-19/h2-8,11H,9-10,12-13H2,1H3,(H,27,31). The maximum absolute atomic E-state index is 12.8. The first-order valence-corrected chi connectivity index (χ1v) is 12.1. The molecule has 5 rings (SSSR count). The van der Waals surface area contributed by atoms with Gasteiger partial charge >= 0.3 is 5.63 Å². The predicted octanol–water partition coefficient (Wildman–Crippen LogP) is 4.17. The average Bonchev–Trinajstić information content (AvgIpc) is 3.29. The Morgan fingerprint density at radius 3 is 2.80 bits per heavy atom. The van der Waals surface area contributed by atoms with Crippen molar-refractivity contribution in [1.82, 2.24) is 10.3 Å². The fraction of sp³-hybridized carbons (Fsp3) is 0.200. The van der Waals surface area contributed by atoms with Crippen LogP contribution in [0.5, 0.6) is 0 Å². The van der Waals surface area contributed by atoms with E-state index in [-0.39, 0.29) is 30.9 Å². The van der Waals surface area contributed by atoms with Crippen LogP contribution in [-0.4, -0.2) is 36.6 Å². The van der Waals surface area contributed by atoms with Gasteiger partial charge in [0.2, 0.25) is 5.89 Å². The minimum Gasteiger partial charge on any atom is -0.403 e. The van der Waals surface area contributed by atoms with Crippen LogP contribution in [0.1, 0.15) is 20.8 Å². The Labute approximate surface area is 209 Å². The molecule has 178 valence electrons. The van der Waals surface area contributed by atoms with Gasteiger partial charge in [-0.2, -0.15) is 0 Å². The minimum atomic E-state index is -0.518. The van der Waals surface area contributed by atoms with Gasteiger partial charge in [0.25, 0.3) is 11.8 Å². The van der Waals surface area contributed by atoms with E-state index >= 15 is 0 Å². The molecule has 1 aliphatic heterocycles. The molecule has 2 amide bonds. The lowest BCUT2D eigenvalue weighted by atomic mass is 10.1. The Bertz CT molecular complexity index is 1510. The molecule has 1 N–H and O–H groups in total. The zero-order valence-electron chi connectivity index (χ0n) is 18.7. The fourth-order valence-corrected chi connectivity index (χ4v) is 4.92. The van der Waals surface area contributed by atoms with Gasteiger partial charge in [-0.25, -0.2) is 9.78 Å².